The Morgan fingerprint density at radius 3 is 2.50 bits per heavy atom. The maximum Gasteiger partial charge on any atom is 0.328 e. The van der Waals surface area contributed by atoms with E-state index in [0.717, 1.165) is 11.1 Å². The zero-order valence-corrected chi connectivity index (χ0v) is 10.2. The zero-order chi connectivity index (χ0) is 12.0. The summed E-state index contributed by atoms with van der Waals surface area (Å²) in [6.45, 7) is 2.64. The lowest BCUT2D eigenvalue weighted by Gasteiger charge is -2.09. The Morgan fingerprint density at radius 2 is 2.00 bits per heavy atom. The Morgan fingerprint density at radius 1 is 1.38 bits per heavy atom. The number of methoxy groups -OCH3 is 1. The van der Waals surface area contributed by atoms with Crippen LogP contribution in [0.4, 0.5) is 0 Å². The predicted octanol–water partition coefficient (Wildman–Crippen LogP) is 2.68. The van der Waals surface area contributed by atoms with Gasteiger partial charge in [0.2, 0.25) is 0 Å². The molecule has 1 rings (SSSR count). The van der Waals surface area contributed by atoms with Crippen LogP contribution in [0.25, 0.3) is 0 Å². The van der Waals surface area contributed by atoms with Crippen LogP contribution in [0.1, 0.15) is 23.4 Å². The molecule has 0 fully saturated rings. The van der Waals surface area contributed by atoms with Crippen molar-refractivity contribution in [3.05, 3.63) is 35.4 Å². The van der Waals surface area contributed by atoms with Gasteiger partial charge in [-0.1, -0.05) is 24.3 Å². The molecule has 0 radical (unpaired) electrons. The standard InChI is InChI=1S/C12H15ClO3/c1-3-16-12(14)11(13)10-6-4-9(5-7-10)8-15-2/h4-7,11H,3,8H2,1-2H3. The monoisotopic (exact) mass is 242 g/mol. The van der Waals surface area contributed by atoms with E-state index in [2.05, 4.69) is 0 Å². The first-order valence-electron chi connectivity index (χ1n) is 5.07. The van der Waals surface area contributed by atoms with Crippen LogP contribution in [-0.4, -0.2) is 19.7 Å². The summed E-state index contributed by atoms with van der Waals surface area (Å²) in [6.07, 6.45) is 0. The average molecular weight is 243 g/mol. The SMILES string of the molecule is CCOC(=O)C(Cl)c1ccc(COC)cc1. The van der Waals surface area contributed by atoms with Crippen molar-refractivity contribution in [1.29, 1.82) is 0 Å². The highest BCUT2D eigenvalue weighted by Gasteiger charge is 2.18. The third-order valence-corrected chi connectivity index (χ3v) is 2.51. The molecule has 0 aromatic heterocycles. The van der Waals surface area contributed by atoms with Gasteiger partial charge >= 0.3 is 5.97 Å². The summed E-state index contributed by atoms with van der Waals surface area (Å²) in [4.78, 5) is 11.4. The van der Waals surface area contributed by atoms with Crippen LogP contribution < -0.4 is 0 Å². The van der Waals surface area contributed by atoms with Crippen molar-refractivity contribution < 1.29 is 14.3 Å². The third kappa shape index (κ3) is 3.51. The molecule has 88 valence electrons. The first kappa shape index (κ1) is 13.0. The van der Waals surface area contributed by atoms with Crippen LogP contribution >= 0.6 is 11.6 Å². The van der Waals surface area contributed by atoms with Gasteiger partial charge in [0.1, 0.15) is 0 Å². The van der Waals surface area contributed by atoms with Gasteiger partial charge in [-0.25, -0.2) is 0 Å². The second-order valence-corrected chi connectivity index (χ2v) is 3.73. The predicted molar refractivity (Wildman–Crippen MR) is 62.4 cm³/mol. The number of hydrogen-bond donors (Lipinski definition) is 0. The largest absolute Gasteiger partial charge is 0.465 e. The van der Waals surface area contributed by atoms with Crippen molar-refractivity contribution in [1.82, 2.24) is 0 Å². The minimum absolute atomic E-state index is 0.337. The number of carbonyl (C=O) groups is 1. The number of hydrogen-bond acceptors (Lipinski definition) is 3. The molecule has 1 aromatic rings. The molecule has 4 heteroatoms. The molecular formula is C12H15ClO3. The number of carbonyl (C=O) groups excluding carboxylic acids is 1. The number of ether oxygens (including phenoxy) is 2. The molecule has 1 unspecified atom stereocenters. The van der Waals surface area contributed by atoms with Crippen molar-refractivity contribution in [2.75, 3.05) is 13.7 Å². The minimum atomic E-state index is -0.739. The summed E-state index contributed by atoms with van der Waals surface area (Å²) in [6, 6.07) is 7.38. The molecule has 0 N–H and O–H groups in total. The Labute approximate surface area is 100 Å². The van der Waals surface area contributed by atoms with Gasteiger partial charge in [-0.2, -0.15) is 0 Å². The van der Waals surface area contributed by atoms with Gasteiger partial charge in [-0.15, -0.1) is 11.6 Å². The molecule has 3 nitrogen and oxygen atoms in total. The highest BCUT2D eigenvalue weighted by atomic mass is 35.5. The molecule has 0 amide bonds. The van der Waals surface area contributed by atoms with Crippen LogP contribution in [0.2, 0.25) is 0 Å². The number of esters is 1. The zero-order valence-electron chi connectivity index (χ0n) is 9.40. The molecule has 0 saturated carbocycles. The van der Waals surface area contributed by atoms with Crippen molar-refractivity contribution in [3.63, 3.8) is 0 Å². The van der Waals surface area contributed by atoms with Crippen molar-refractivity contribution >= 4 is 17.6 Å². The molecule has 0 heterocycles. The van der Waals surface area contributed by atoms with E-state index in [1.165, 1.54) is 0 Å². The fourth-order valence-corrected chi connectivity index (χ4v) is 1.51. The Hall–Kier alpha value is -1.06. The first-order valence-corrected chi connectivity index (χ1v) is 5.51. The number of benzene rings is 1. The quantitative estimate of drug-likeness (QED) is 0.588. The molecule has 0 aliphatic carbocycles. The maximum absolute atomic E-state index is 11.4. The van der Waals surface area contributed by atoms with Gasteiger partial charge < -0.3 is 9.47 Å². The lowest BCUT2D eigenvalue weighted by atomic mass is 10.1. The Kier molecular flexibility index (Phi) is 5.29. The van der Waals surface area contributed by atoms with E-state index in [4.69, 9.17) is 21.1 Å². The second-order valence-electron chi connectivity index (χ2n) is 3.29. The highest BCUT2D eigenvalue weighted by molar-refractivity contribution is 6.29. The van der Waals surface area contributed by atoms with Gasteiger partial charge in [0.05, 0.1) is 13.2 Å². The van der Waals surface area contributed by atoms with Crippen molar-refractivity contribution in [2.45, 2.75) is 18.9 Å². The van der Waals surface area contributed by atoms with Crippen molar-refractivity contribution in [2.24, 2.45) is 0 Å². The van der Waals surface area contributed by atoms with Crippen LogP contribution in [0.15, 0.2) is 24.3 Å². The average Bonchev–Trinajstić information content (AvgIpc) is 2.30. The van der Waals surface area contributed by atoms with E-state index in [0.29, 0.717) is 13.2 Å². The summed E-state index contributed by atoms with van der Waals surface area (Å²) in [5, 5.41) is -0.739. The maximum atomic E-state index is 11.4. The van der Waals surface area contributed by atoms with E-state index in [1.807, 2.05) is 24.3 Å². The minimum Gasteiger partial charge on any atom is -0.465 e. The molecular weight excluding hydrogens is 228 g/mol. The van der Waals surface area contributed by atoms with E-state index in [9.17, 15) is 4.79 Å². The first-order chi connectivity index (χ1) is 7.69. The topological polar surface area (TPSA) is 35.5 Å². The summed E-state index contributed by atoms with van der Waals surface area (Å²) >= 11 is 5.96. The lowest BCUT2D eigenvalue weighted by Crippen LogP contribution is -2.11. The van der Waals surface area contributed by atoms with Crippen LogP contribution in [0.5, 0.6) is 0 Å². The Balaban J connectivity index is 2.69. The molecule has 16 heavy (non-hydrogen) atoms. The summed E-state index contributed by atoms with van der Waals surface area (Å²) in [7, 11) is 1.64. The van der Waals surface area contributed by atoms with Crippen LogP contribution in [-0.2, 0) is 20.9 Å². The number of halogens is 1. The third-order valence-electron chi connectivity index (χ3n) is 2.08. The van der Waals surface area contributed by atoms with E-state index < -0.39 is 11.3 Å². The second kappa shape index (κ2) is 6.51. The fraction of sp³-hybridized carbons (Fsp3) is 0.417. The van der Waals surface area contributed by atoms with E-state index in [-0.39, 0.29) is 0 Å². The van der Waals surface area contributed by atoms with Gasteiger partial charge in [0.25, 0.3) is 0 Å². The lowest BCUT2D eigenvalue weighted by molar-refractivity contribution is -0.142. The van der Waals surface area contributed by atoms with Crippen LogP contribution in [0, 0.1) is 0 Å². The summed E-state index contributed by atoms with van der Waals surface area (Å²) in [5.74, 6) is -0.413. The van der Waals surface area contributed by atoms with Crippen molar-refractivity contribution in [3.8, 4) is 0 Å². The summed E-state index contributed by atoms with van der Waals surface area (Å²) in [5.41, 5.74) is 1.78. The van der Waals surface area contributed by atoms with Gasteiger partial charge in [-0.05, 0) is 18.1 Å². The molecule has 0 bridgehead atoms. The smallest absolute Gasteiger partial charge is 0.328 e. The molecule has 1 atom stereocenters. The number of alkyl halides is 1. The number of rotatable bonds is 5. The molecule has 0 aliphatic rings. The summed E-state index contributed by atoms with van der Waals surface area (Å²) < 4.78 is 9.83. The molecule has 0 saturated heterocycles. The molecule has 0 spiro atoms. The van der Waals surface area contributed by atoms with E-state index >= 15 is 0 Å². The molecule has 1 aromatic carbocycles. The van der Waals surface area contributed by atoms with Gasteiger partial charge in [0, 0.05) is 7.11 Å². The van der Waals surface area contributed by atoms with Gasteiger partial charge in [-0.3, -0.25) is 4.79 Å². The fourth-order valence-electron chi connectivity index (χ4n) is 1.30. The highest BCUT2D eigenvalue weighted by Crippen LogP contribution is 2.22. The normalized spacial score (nSPS) is 12.2. The Bertz CT molecular complexity index is 335. The van der Waals surface area contributed by atoms with Crippen LogP contribution in [0.3, 0.4) is 0 Å². The van der Waals surface area contributed by atoms with Gasteiger partial charge in [0.15, 0.2) is 5.38 Å². The molecule has 0 aliphatic heterocycles. The van der Waals surface area contributed by atoms with E-state index in [1.54, 1.807) is 14.0 Å².